The second-order valence-corrected chi connectivity index (χ2v) is 7.16. The third kappa shape index (κ3) is 11.7. The Kier molecular flexibility index (Phi) is 11.1. The minimum Gasteiger partial charge on any atom is -0.381 e. The fourth-order valence-corrected chi connectivity index (χ4v) is 1.95. The van der Waals surface area contributed by atoms with Gasteiger partial charge in [0.05, 0.1) is 5.00 Å². The van der Waals surface area contributed by atoms with E-state index >= 15 is 0 Å². The molecule has 0 aromatic carbocycles. The molecule has 0 aliphatic heterocycles. The summed E-state index contributed by atoms with van der Waals surface area (Å²) >= 11 is 6.34. The summed E-state index contributed by atoms with van der Waals surface area (Å²) in [4.78, 5) is 1.75. The van der Waals surface area contributed by atoms with E-state index in [-0.39, 0.29) is 5.00 Å². The number of halogens is 1. The van der Waals surface area contributed by atoms with Gasteiger partial charge in [0.25, 0.3) is 0 Å². The number of hydrogen-bond donors (Lipinski definition) is 0. The van der Waals surface area contributed by atoms with Gasteiger partial charge in [0.15, 0.2) is 0 Å². The monoisotopic (exact) mass is 291 g/mol. The molecule has 0 bridgehead atoms. The van der Waals surface area contributed by atoms with Gasteiger partial charge in [0.1, 0.15) is 0 Å². The molecular formula is C16H34ClNO. The molecule has 1 atom stereocenters. The third-order valence-corrected chi connectivity index (χ3v) is 4.23. The highest BCUT2D eigenvalue weighted by atomic mass is 35.5. The summed E-state index contributed by atoms with van der Waals surface area (Å²) in [7, 11) is 4.01. The summed E-state index contributed by atoms with van der Waals surface area (Å²) in [5, 5.41) is 0. The largest absolute Gasteiger partial charge is 0.381 e. The molecule has 0 N–H and O–H groups in total. The molecule has 0 amide bonds. The molecule has 0 saturated heterocycles. The molecule has 1 unspecified atom stereocenters. The molecular weight excluding hydrogens is 258 g/mol. The molecule has 0 aromatic heterocycles. The fraction of sp³-hybridized carbons (Fsp3) is 1.00. The van der Waals surface area contributed by atoms with E-state index in [2.05, 4.69) is 13.8 Å². The maximum Gasteiger partial charge on any atom is 0.0949 e. The molecule has 0 heterocycles. The first kappa shape index (κ1) is 19.2. The molecule has 0 radical (unpaired) electrons. The summed E-state index contributed by atoms with van der Waals surface area (Å²) in [5.74, 6) is 0.852. The van der Waals surface area contributed by atoms with Gasteiger partial charge in [-0.2, -0.15) is 0 Å². The zero-order valence-electron chi connectivity index (χ0n) is 13.7. The minimum atomic E-state index is -0.281. The van der Waals surface area contributed by atoms with Gasteiger partial charge in [-0.25, -0.2) is 0 Å². The van der Waals surface area contributed by atoms with E-state index in [1.807, 2.05) is 25.9 Å². The normalized spacial score (nSPS) is 15.2. The third-order valence-electron chi connectivity index (χ3n) is 3.71. The number of alkyl halides is 1. The summed E-state index contributed by atoms with van der Waals surface area (Å²) in [6.45, 7) is 8.27. The quantitative estimate of drug-likeness (QED) is 0.288. The molecule has 0 saturated carbocycles. The van der Waals surface area contributed by atoms with Crippen LogP contribution in [0.25, 0.3) is 0 Å². The van der Waals surface area contributed by atoms with Gasteiger partial charge < -0.3 is 4.74 Å². The number of unbranched alkanes of at least 4 members (excludes halogenated alkanes) is 4. The second kappa shape index (κ2) is 10.9. The second-order valence-electron chi connectivity index (χ2n) is 6.35. The van der Waals surface area contributed by atoms with E-state index in [1.165, 1.54) is 38.5 Å². The Morgan fingerprint density at radius 1 is 1.00 bits per heavy atom. The van der Waals surface area contributed by atoms with Crippen molar-refractivity contribution in [3.63, 3.8) is 0 Å². The van der Waals surface area contributed by atoms with Gasteiger partial charge in [-0.05, 0) is 33.4 Å². The van der Waals surface area contributed by atoms with Crippen molar-refractivity contribution >= 4 is 11.6 Å². The fourth-order valence-electron chi connectivity index (χ4n) is 1.87. The van der Waals surface area contributed by atoms with Gasteiger partial charge in [0.2, 0.25) is 0 Å². The lowest BCUT2D eigenvalue weighted by atomic mass is 10.0. The van der Waals surface area contributed by atoms with E-state index in [1.54, 1.807) is 0 Å². The zero-order chi connectivity index (χ0) is 14.7. The molecule has 0 spiro atoms. The molecule has 0 aromatic rings. The van der Waals surface area contributed by atoms with Crippen molar-refractivity contribution in [2.75, 3.05) is 27.3 Å². The van der Waals surface area contributed by atoms with Crippen molar-refractivity contribution in [3.05, 3.63) is 0 Å². The van der Waals surface area contributed by atoms with Gasteiger partial charge in [0, 0.05) is 19.6 Å². The Balaban J connectivity index is 3.24. The molecule has 3 heteroatoms. The lowest BCUT2D eigenvalue weighted by Crippen LogP contribution is -2.36. The van der Waals surface area contributed by atoms with E-state index in [4.69, 9.17) is 16.3 Å². The number of ether oxygens (including phenoxy) is 1. The van der Waals surface area contributed by atoms with Crippen molar-refractivity contribution in [2.45, 2.75) is 70.7 Å². The van der Waals surface area contributed by atoms with Crippen LogP contribution in [0.5, 0.6) is 0 Å². The molecule has 19 heavy (non-hydrogen) atoms. The van der Waals surface area contributed by atoms with Crippen molar-refractivity contribution in [2.24, 2.45) is 5.92 Å². The van der Waals surface area contributed by atoms with Crippen LogP contribution in [-0.4, -0.2) is 37.2 Å². The number of rotatable bonds is 12. The first-order valence-electron chi connectivity index (χ1n) is 7.80. The Labute approximate surface area is 125 Å². The van der Waals surface area contributed by atoms with Crippen molar-refractivity contribution in [3.8, 4) is 0 Å². The lowest BCUT2D eigenvalue weighted by molar-refractivity contribution is 0.101. The maximum absolute atomic E-state index is 6.34. The predicted octanol–water partition coefficient (Wildman–Crippen LogP) is 4.91. The number of nitrogens with zero attached hydrogens (tertiary/aromatic N) is 1. The average molecular weight is 292 g/mol. The molecule has 2 nitrogen and oxygen atoms in total. The first-order valence-corrected chi connectivity index (χ1v) is 8.18. The zero-order valence-corrected chi connectivity index (χ0v) is 14.4. The highest BCUT2D eigenvalue weighted by molar-refractivity contribution is 6.23. The summed E-state index contributed by atoms with van der Waals surface area (Å²) in [6, 6.07) is 0. The molecule has 0 fully saturated rings. The Morgan fingerprint density at radius 3 is 2.16 bits per heavy atom. The summed E-state index contributed by atoms with van der Waals surface area (Å²) in [5.41, 5.74) is 0. The summed E-state index contributed by atoms with van der Waals surface area (Å²) in [6.07, 6.45) is 8.82. The average Bonchev–Trinajstić information content (AvgIpc) is 2.30. The van der Waals surface area contributed by atoms with Crippen LogP contribution in [0.1, 0.15) is 65.7 Å². The maximum atomic E-state index is 6.34. The van der Waals surface area contributed by atoms with Crippen LogP contribution in [0.15, 0.2) is 0 Å². The van der Waals surface area contributed by atoms with Crippen LogP contribution in [-0.2, 0) is 4.74 Å². The van der Waals surface area contributed by atoms with Crippen LogP contribution in [0, 0.1) is 5.92 Å². The highest BCUT2D eigenvalue weighted by Crippen LogP contribution is 2.21. The standard InChI is InChI=1S/C16H34ClNO/c1-15(2)11-9-7-6-8-10-13-19-14-12-16(3,17)18(4)5/h15H,6-14H2,1-5H3. The minimum absolute atomic E-state index is 0.281. The van der Waals surface area contributed by atoms with E-state index in [9.17, 15) is 0 Å². The van der Waals surface area contributed by atoms with Crippen LogP contribution in [0.2, 0.25) is 0 Å². The molecule has 116 valence electrons. The smallest absolute Gasteiger partial charge is 0.0949 e. The van der Waals surface area contributed by atoms with Crippen LogP contribution >= 0.6 is 11.6 Å². The van der Waals surface area contributed by atoms with Crippen LogP contribution in [0.3, 0.4) is 0 Å². The van der Waals surface area contributed by atoms with E-state index in [0.29, 0.717) is 0 Å². The van der Waals surface area contributed by atoms with Crippen LogP contribution in [0.4, 0.5) is 0 Å². The van der Waals surface area contributed by atoms with Gasteiger partial charge in [-0.1, -0.05) is 46.0 Å². The molecule has 0 aliphatic rings. The highest BCUT2D eigenvalue weighted by Gasteiger charge is 2.22. The van der Waals surface area contributed by atoms with Crippen molar-refractivity contribution < 1.29 is 4.74 Å². The van der Waals surface area contributed by atoms with Gasteiger partial charge in [-0.15, -0.1) is 11.6 Å². The van der Waals surface area contributed by atoms with Gasteiger partial charge >= 0.3 is 0 Å². The van der Waals surface area contributed by atoms with E-state index < -0.39 is 0 Å². The predicted molar refractivity (Wildman–Crippen MR) is 85.9 cm³/mol. The topological polar surface area (TPSA) is 12.5 Å². The Bertz CT molecular complexity index is 205. The summed E-state index contributed by atoms with van der Waals surface area (Å²) < 4.78 is 5.65. The van der Waals surface area contributed by atoms with Crippen molar-refractivity contribution in [1.29, 1.82) is 0 Å². The van der Waals surface area contributed by atoms with Crippen LogP contribution < -0.4 is 0 Å². The number of hydrogen-bond acceptors (Lipinski definition) is 2. The van der Waals surface area contributed by atoms with Crippen molar-refractivity contribution in [1.82, 2.24) is 4.90 Å². The first-order chi connectivity index (χ1) is 8.86. The molecule has 0 aliphatic carbocycles. The van der Waals surface area contributed by atoms with Gasteiger partial charge in [-0.3, -0.25) is 4.90 Å². The SMILES string of the molecule is CC(C)CCCCCCCOCCC(C)(Cl)N(C)C. The molecule has 0 rings (SSSR count). The Hall–Kier alpha value is 0.210. The Morgan fingerprint density at radius 2 is 1.58 bits per heavy atom. The lowest BCUT2D eigenvalue weighted by Gasteiger charge is -2.29. The van der Waals surface area contributed by atoms with E-state index in [0.717, 1.165) is 25.6 Å².